The fraction of sp³-hybridized carbons (Fsp3) is 0.0909. The number of aldehydes is 1. The molecular formula is C11H9NO2. The van der Waals surface area contributed by atoms with Gasteiger partial charge in [0.25, 0.3) is 0 Å². The topological polar surface area (TPSA) is 49.9 Å². The Bertz CT molecular complexity index is 511. The Labute approximate surface area is 80.7 Å². The number of carbonyl (C=O) groups is 2. The lowest BCUT2D eigenvalue weighted by molar-refractivity contribution is 0.101. The molecule has 0 aliphatic rings. The van der Waals surface area contributed by atoms with Crippen LogP contribution in [0.25, 0.3) is 10.9 Å². The highest BCUT2D eigenvalue weighted by Crippen LogP contribution is 2.18. The number of carbonyl (C=O) groups excluding carboxylic acids is 2. The van der Waals surface area contributed by atoms with Gasteiger partial charge in [-0.1, -0.05) is 12.1 Å². The van der Waals surface area contributed by atoms with E-state index >= 15 is 0 Å². The number of hydrogen-bond donors (Lipinski definition) is 1. The zero-order valence-corrected chi connectivity index (χ0v) is 7.70. The summed E-state index contributed by atoms with van der Waals surface area (Å²) in [4.78, 5) is 24.6. The number of aromatic nitrogens is 1. The Morgan fingerprint density at radius 2 is 2.21 bits per heavy atom. The first-order chi connectivity index (χ1) is 6.72. The number of rotatable bonds is 2. The highest BCUT2D eigenvalue weighted by Gasteiger charge is 2.05. The third-order valence-corrected chi connectivity index (χ3v) is 2.25. The third-order valence-electron chi connectivity index (χ3n) is 2.25. The molecule has 0 unspecified atom stereocenters. The quantitative estimate of drug-likeness (QED) is 0.578. The number of H-pyrrole nitrogens is 1. The van der Waals surface area contributed by atoms with E-state index in [2.05, 4.69) is 4.98 Å². The van der Waals surface area contributed by atoms with Crippen LogP contribution in [0.2, 0.25) is 0 Å². The molecule has 0 fully saturated rings. The van der Waals surface area contributed by atoms with Crippen LogP contribution in [0, 0.1) is 0 Å². The van der Waals surface area contributed by atoms with Crippen LogP contribution in [0.5, 0.6) is 0 Å². The van der Waals surface area contributed by atoms with E-state index in [1.54, 1.807) is 24.4 Å². The van der Waals surface area contributed by atoms with Crippen LogP contribution in [-0.4, -0.2) is 17.1 Å². The SMILES string of the molecule is CC(=O)c1ccc2c(C=O)c[nH]c2c1. The van der Waals surface area contributed by atoms with Crippen LogP contribution in [0.3, 0.4) is 0 Å². The summed E-state index contributed by atoms with van der Waals surface area (Å²) in [5, 5.41) is 0.852. The second kappa shape index (κ2) is 3.10. The minimum Gasteiger partial charge on any atom is -0.360 e. The third kappa shape index (κ3) is 1.23. The van der Waals surface area contributed by atoms with Crippen LogP contribution in [0.4, 0.5) is 0 Å². The summed E-state index contributed by atoms with van der Waals surface area (Å²) in [7, 11) is 0. The highest BCUT2D eigenvalue weighted by atomic mass is 16.1. The average Bonchev–Trinajstić information content (AvgIpc) is 2.59. The van der Waals surface area contributed by atoms with Crippen LogP contribution in [-0.2, 0) is 0 Å². The molecule has 1 aromatic carbocycles. The largest absolute Gasteiger partial charge is 0.360 e. The maximum Gasteiger partial charge on any atom is 0.159 e. The van der Waals surface area contributed by atoms with Crippen LogP contribution < -0.4 is 0 Å². The van der Waals surface area contributed by atoms with Gasteiger partial charge in [-0.05, 0) is 13.0 Å². The van der Waals surface area contributed by atoms with Crippen molar-refractivity contribution >= 4 is 23.0 Å². The van der Waals surface area contributed by atoms with Crippen LogP contribution >= 0.6 is 0 Å². The summed E-state index contributed by atoms with van der Waals surface area (Å²) in [6.45, 7) is 1.52. The predicted octanol–water partition coefficient (Wildman–Crippen LogP) is 2.18. The number of ketones is 1. The molecule has 2 rings (SSSR count). The maximum atomic E-state index is 11.1. The molecule has 0 spiro atoms. The van der Waals surface area contributed by atoms with E-state index < -0.39 is 0 Å². The molecule has 0 radical (unpaired) electrons. The average molecular weight is 187 g/mol. The summed E-state index contributed by atoms with van der Waals surface area (Å²) in [5.41, 5.74) is 2.09. The van der Waals surface area contributed by atoms with Gasteiger partial charge in [-0.15, -0.1) is 0 Å². The molecule has 70 valence electrons. The molecule has 0 saturated heterocycles. The van der Waals surface area contributed by atoms with Gasteiger partial charge in [0.2, 0.25) is 0 Å². The summed E-state index contributed by atoms with van der Waals surface area (Å²) in [6, 6.07) is 5.27. The van der Waals surface area contributed by atoms with Gasteiger partial charge in [-0.2, -0.15) is 0 Å². The fourth-order valence-corrected chi connectivity index (χ4v) is 1.47. The molecular weight excluding hydrogens is 178 g/mol. The molecule has 3 nitrogen and oxygen atoms in total. The van der Waals surface area contributed by atoms with Crippen molar-refractivity contribution in [3.05, 3.63) is 35.5 Å². The van der Waals surface area contributed by atoms with Gasteiger partial charge in [-0.3, -0.25) is 9.59 Å². The number of Topliss-reactive ketones (excluding diaryl/α,β-unsaturated/α-hetero) is 1. The van der Waals surface area contributed by atoms with Crippen molar-refractivity contribution in [3.63, 3.8) is 0 Å². The second-order valence-corrected chi connectivity index (χ2v) is 3.18. The molecule has 2 aromatic rings. The molecule has 3 heteroatoms. The minimum atomic E-state index is 0.0224. The van der Waals surface area contributed by atoms with E-state index in [1.807, 2.05) is 0 Å². The number of hydrogen-bond acceptors (Lipinski definition) is 2. The number of aromatic amines is 1. The van der Waals surface area contributed by atoms with Gasteiger partial charge in [0.1, 0.15) is 0 Å². The molecule has 1 aromatic heterocycles. The standard InChI is InChI=1S/C11H9NO2/c1-7(14)8-2-3-10-9(6-13)5-12-11(10)4-8/h2-6,12H,1H3. The number of nitrogens with one attached hydrogen (secondary N) is 1. The summed E-state index contributed by atoms with van der Waals surface area (Å²) >= 11 is 0. The summed E-state index contributed by atoms with van der Waals surface area (Å²) in [5.74, 6) is 0.0224. The van der Waals surface area contributed by atoms with Crippen LogP contribution in [0.1, 0.15) is 27.6 Å². The van der Waals surface area contributed by atoms with Crippen molar-refractivity contribution in [2.24, 2.45) is 0 Å². The molecule has 1 heterocycles. The van der Waals surface area contributed by atoms with Crippen molar-refractivity contribution in [2.45, 2.75) is 6.92 Å². The lowest BCUT2D eigenvalue weighted by atomic mass is 10.1. The van der Waals surface area contributed by atoms with E-state index in [-0.39, 0.29) is 5.78 Å². The zero-order chi connectivity index (χ0) is 10.1. The Balaban J connectivity index is 2.68. The molecule has 1 N–H and O–H groups in total. The van der Waals surface area contributed by atoms with Crippen molar-refractivity contribution in [2.75, 3.05) is 0 Å². The van der Waals surface area contributed by atoms with Gasteiger partial charge >= 0.3 is 0 Å². The minimum absolute atomic E-state index is 0.0224. The first-order valence-electron chi connectivity index (χ1n) is 4.29. The van der Waals surface area contributed by atoms with Gasteiger partial charge in [0.15, 0.2) is 12.1 Å². The molecule has 0 amide bonds. The first-order valence-corrected chi connectivity index (χ1v) is 4.29. The van der Waals surface area contributed by atoms with E-state index in [4.69, 9.17) is 0 Å². The van der Waals surface area contributed by atoms with Gasteiger partial charge < -0.3 is 4.98 Å². The molecule has 0 bridgehead atoms. The van der Waals surface area contributed by atoms with E-state index in [0.29, 0.717) is 11.1 Å². The van der Waals surface area contributed by atoms with Crippen molar-refractivity contribution < 1.29 is 9.59 Å². The van der Waals surface area contributed by atoms with Crippen molar-refractivity contribution in [1.29, 1.82) is 0 Å². The monoisotopic (exact) mass is 187 g/mol. The first kappa shape index (κ1) is 8.69. The lowest BCUT2D eigenvalue weighted by Gasteiger charge is -1.95. The predicted molar refractivity (Wildman–Crippen MR) is 53.7 cm³/mol. The highest BCUT2D eigenvalue weighted by molar-refractivity contribution is 6.02. The normalized spacial score (nSPS) is 10.4. The molecule has 0 atom stereocenters. The Kier molecular flexibility index (Phi) is 1.93. The molecule has 0 saturated carbocycles. The number of fused-ring (bicyclic) bond motifs is 1. The fourth-order valence-electron chi connectivity index (χ4n) is 1.47. The second-order valence-electron chi connectivity index (χ2n) is 3.18. The maximum absolute atomic E-state index is 11.1. The molecule has 0 aliphatic heterocycles. The van der Waals surface area contributed by atoms with E-state index in [0.717, 1.165) is 17.2 Å². The van der Waals surface area contributed by atoms with Gasteiger partial charge in [0, 0.05) is 28.2 Å². The smallest absolute Gasteiger partial charge is 0.159 e. The Morgan fingerprint density at radius 3 is 2.86 bits per heavy atom. The number of benzene rings is 1. The van der Waals surface area contributed by atoms with E-state index in [1.165, 1.54) is 6.92 Å². The van der Waals surface area contributed by atoms with Crippen molar-refractivity contribution in [1.82, 2.24) is 4.98 Å². The molecule has 0 aliphatic carbocycles. The van der Waals surface area contributed by atoms with Gasteiger partial charge in [0.05, 0.1) is 0 Å². The van der Waals surface area contributed by atoms with Gasteiger partial charge in [-0.25, -0.2) is 0 Å². The Hall–Kier alpha value is -1.90. The Morgan fingerprint density at radius 1 is 1.43 bits per heavy atom. The molecule has 14 heavy (non-hydrogen) atoms. The summed E-state index contributed by atoms with van der Waals surface area (Å²) < 4.78 is 0. The lowest BCUT2D eigenvalue weighted by Crippen LogP contribution is -1.90. The van der Waals surface area contributed by atoms with E-state index in [9.17, 15) is 9.59 Å². The zero-order valence-electron chi connectivity index (χ0n) is 7.70. The van der Waals surface area contributed by atoms with Crippen molar-refractivity contribution in [3.8, 4) is 0 Å². The summed E-state index contributed by atoms with van der Waals surface area (Å²) in [6.07, 6.45) is 2.44. The van der Waals surface area contributed by atoms with Crippen LogP contribution in [0.15, 0.2) is 24.4 Å².